The van der Waals surface area contributed by atoms with Crippen LogP contribution in [0.15, 0.2) is 36.4 Å². The van der Waals surface area contributed by atoms with Crippen LogP contribution in [-0.4, -0.2) is 33.9 Å². The topological polar surface area (TPSA) is 58.1 Å². The molecule has 1 aliphatic rings. The first-order chi connectivity index (χ1) is 11.2. The zero-order valence-electron chi connectivity index (χ0n) is 13.2. The Kier molecular flexibility index (Phi) is 4.71. The number of amides is 1. The first kappa shape index (κ1) is 15.7. The van der Waals surface area contributed by atoms with Gasteiger partial charge in [-0.25, -0.2) is 9.97 Å². The maximum Gasteiger partial charge on any atom is 0.245 e. The number of pyridine rings is 1. The van der Waals surface area contributed by atoms with Gasteiger partial charge in [-0.1, -0.05) is 12.6 Å². The highest BCUT2D eigenvalue weighted by Gasteiger charge is 2.25. The fourth-order valence-electron chi connectivity index (χ4n) is 2.73. The summed E-state index contributed by atoms with van der Waals surface area (Å²) in [6, 6.07) is 3.96. The van der Waals surface area contributed by atoms with Gasteiger partial charge in [0, 0.05) is 30.6 Å². The van der Waals surface area contributed by atoms with Gasteiger partial charge in [-0.15, -0.1) is 11.3 Å². The normalized spacial score (nSPS) is 17.8. The van der Waals surface area contributed by atoms with Crippen LogP contribution >= 0.6 is 11.3 Å². The van der Waals surface area contributed by atoms with Gasteiger partial charge >= 0.3 is 0 Å². The molecule has 1 aliphatic heterocycles. The van der Waals surface area contributed by atoms with Crippen LogP contribution in [0, 0.1) is 6.92 Å². The average molecular weight is 328 g/mol. The van der Waals surface area contributed by atoms with Gasteiger partial charge in [0.25, 0.3) is 0 Å². The zero-order valence-corrected chi connectivity index (χ0v) is 14.0. The molecular weight excluding hydrogens is 308 g/mol. The lowest BCUT2D eigenvalue weighted by molar-refractivity contribution is -0.127. The molecule has 1 fully saturated rings. The van der Waals surface area contributed by atoms with Crippen molar-refractivity contribution in [2.45, 2.75) is 25.7 Å². The number of thiazole rings is 1. The molecule has 6 heteroatoms. The van der Waals surface area contributed by atoms with E-state index in [9.17, 15) is 4.79 Å². The Bertz CT molecular complexity index is 695. The highest BCUT2D eigenvalue weighted by Crippen LogP contribution is 2.30. The van der Waals surface area contributed by atoms with Crippen LogP contribution in [0.4, 0.5) is 10.9 Å². The number of nitrogens with one attached hydrogen (secondary N) is 1. The maximum atomic E-state index is 11.8. The number of hydrogen-bond donors (Lipinski definition) is 1. The Hall–Kier alpha value is -2.21. The van der Waals surface area contributed by atoms with Crippen molar-refractivity contribution in [2.24, 2.45) is 0 Å². The Balaban J connectivity index is 1.67. The molecule has 5 nitrogen and oxygen atoms in total. The molecule has 2 aromatic rings. The summed E-state index contributed by atoms with van der Waals surface area (Å²) in [5.41, 5.74) is 2.18. The third-order valence-corrected chi connectivity index (χ3v) is 4.77. The standard InChI is InChI=1S/C17H20N4OS/c1-3-16(22)21-8-4-5-13(10-21)14-11-23-17(19-14)20-15-7-6-12(2)9-18-15/h3,6-7,9,11,13H,1,4-5,8,10H2,2H3,(H,18,19,20)/t13-/m0/s1. The average Bonchev–Trinajstić information content (AvgIpc) is 3.05. The van der Waals surface area contributed by atoms with E-state index in [1.165, 1.54) is 6.08 Å². The smallest absolute Gasteiger partial charge is 0.245 e. The number of carbonyl (C=O) groups is 1. The van der Waals surface area contributed by atoms with Gasteiger partial charge in [0.2, 0.25) is 5.91 Å². The van der Waals surface area contributed by atoms with Gasteiger partial charge in [-0.05, 0) is 37.5 Å². The van der Waals surface area contributed by atoms with Crippen molar-refractivity contribution < 1.29 is 4.79 Å². The van der Waals surface area contributed by atoms with E-state index in [2.05, 4.69) is 27.2 Å². The van der Waals surface area contributed by atoms with Crippen molar-refractivity contribution in [1.29, 1.82) is 0 Å². The minimum atomic E-state index is 0.00661. The lowest BCUT2D eigenvalue weighted by atomic mass is 9.95. The molecule has 0 saturated carbocycles. The number of anilines is 2. The number of piperidine rings is 1. The van der Waals surface area contributed by atoms with Crippen LogP contribution in [0.25, 0.3) is 0 Å². The van der Waals surface area contributed by atoms with E-state index in [4.69, 9.17) is 0 Å². The Morgan fingerprint density at radius 2 is 2.39 bits per heavy atom. The van der Waals surface area contributed by atoms with E-state index < -0.39 is 0 Å². The zero-order chi connectivity index (χ0) is 16.2. The minimum absolute atomic E-state index is 0.00661. The molecule has 2 aromatic heterocycles. The molecule has 1 N–H and O–H groups in total. The second kappa shape index (κ2) is 6.91. The van der Waals surface area contributed by atoms with Gasteiger partial charge in [0.1, 0.15) is 5.82 Å². The van der Waals surface area contributed by atoms with E-state index in [0.29, 0.717) is 5.92 Å². The largest absolute Gasteiger partial charge is 0.339 e. The highest BCUT2D eigenvalue weighted by molar-refractivity contribution is 7.13. The summed E-state index contributed by atoms with van der Waals surface area (Å²) in [6.45, 7) is 7.11. The Labute approximate surface area is 140 Å². The van der Waals surface area contributed by atoms with E-state index in [0.717, 1.165) is 48.1 Å². The van der Waals surface area contributed by atoms with Crippen molar-refractivity contribution in [2.75, 3.05) is 18.4 Å². The van der Waals surface area contributed by atoms with Crippen molar-refractivity contribution in [1.82, 2.24) is 14.9 Å². The number of aryl methyl sites for hydroxylation is 1. The van der Waals surface area contributed by atoms with Crippen LogP contribution in [0.5, 0.6) is 0 Å². The van der Waals surface area contributed by atoms with Crippen LogP contribution < -0.4 is 5.32 Å². The van der Waals surface area contributed by atoms with Gasteiger partial charge in [-0.3, -0.25) is 4.79 Å². The number of hydrogen-bond acceptors (Lipinski definition) is 5. The fourth-order valence-corrected chi connectivity index (χ4v) is 3.53. The van der Waals surface area contributed by atoms with E-state index >= 15 is 0 Å². The van der Waals surface area contributed by atoms with Crippen molar-refractivity contribution >= 4 is 28.2 Å². The summed E-state index contributed by atoms with van der Waals surface area (Å²) < 4.78 is 0. The molecule has 1 amide bonds. The van der Waals surface area contributed by atoms with Gasteiger partial charge < -0.3 is 10.2 Å². The van der Waals surface area contributed by atoms with E-state index in [1.807, 2.05) is 30.2 Å². The molecule has 0 spiro atoms. The van der Waals surface area contributed by atoms with Crippen LogP contribution in [0.2, 0.25) is 0 Å². The predicted molar refractivity (Wildman–Crippen MR) is 93.1 cm³/mol. The van der Waals surface area contributed by atoms with Crippen molar-refractivity contribution in [3.05, 3.63) is 47.6 Å². The summed E-state index contributed by atoms with van der Waals surface area (Å²) >= 11 is 1.57. The van der Waals surface area contributed by atoms with Crippen LogP contribution in [0.3, 0.4) is 0 Å². The maximum absolute atomic E-state index is 11.8. The molecule has 120 valence electrons. The number of nitrogens with zero attached hydrogens (tertiary/aromatic N) is 3. The second-order valence-electron chi connectivity index (χ2n) is 5.75. The lowest BCUT2D eigenvalue weighted by Crippen LogP contribution is -2.38. The molecule has 0 bridgehead atoms. The number of rotatable bonds is 4. The Morgan fingerprint density at radius 3 is 3.13 bits per heavy atom. The lowest BCUT2D eigenvalue weighted by Gasteiger charge is -2.31. The third-order valence-electron chi connectivity index (χ3n) is 3.99. The molecule has 3 heterocycles. The minimum Gasteiger partial charge on any atom is -0.339 e. The van der Waals surface area contributed by atoms with Crippen molar-refractivity contribution in [3.8, 4) is 0 Å². The van der Waals surface area contributed by atoms with Crippen molar-refractivity contribution in [3.63, 3.8) is 0 Å². The molecule has 0 unspecified atom stereocenters. The Morgan fingerprint density at radius 1 is 1.52 bits per heavy atom. The second-order valence-corrected chi connectivity index (χ2v) is 6.61. The molecule has 0 aliphatic carbocycles. The molecule has 1 atom stereocenters. The SMILES string of the molecule is C=CC(=O)N1CCC[C@H](c2csc(Nc3ccc(C)cn3)n2)C1. The number of aromatic nitrogens is 2. The molecule has 23 heavy (non-hydrogen) atoms. The number of likely N-dealkylation sites (tertiary alicyclic amines) is 1. The predicted octanol–water partition coefficient (Wildman–Crippen LogP) is 3.48. The fraction of sp³-hybridized carbons (Fsp3) is 0.353. The molecule has 0 aromatic carbocycles. The van der Waals surface area contributed by atoms with Gasteiger partial charge in [-0.2, -0.15) is 0 Å². The van der Waals surface area contributed by atoms with E-state index in [-0.39, 0.29) is 5.91 Å². The van der Waals surface area contributed by atoms with Crippen LogP contribution in [0.1, 0.15) is 30.0 Å². The highest BCUT2D eigenvalue weighted by atomic mass is 32.1. The summed E-state index contributed by atoms with van der Waals surface area (Å²) in [4.78, 5) is 22.7. The summed E-state index contributed by atoms with van der Waals surface area (Å²) in [7, 11) is 0. The van der Waals surface area contributed by atoms with Gasteiger partial charge in [0.15, 0.2) is 5.13 Å². The summed E-state index contributed by atoms with van der Waals surface area (Å²) in [6.07, 6.45) is 5.28. The summed E-state index contributed by atoms with van der Waals surface area (Å²) in [5.74, 6) is 1.10. The van der Waals surface area contributed by atoms with E-state index in [1.54, 1.807) is 11.3 Å². The van der Waals surface area contributed by atoms with Gasteiger partial charge in [0.05, 0.1) is 5.69 Å². The quantitative estimate of drug-likeness (QED) is 0.873. The van der Waals surface area contributed by atoms with Crippen LogP contribution in [-0.2, 0) is 4.79 Å². The first-order valence-electron chi connectivity index (χ1n) is 7.72. The molecular formula is C17H20N4OS. The molecule has 0 radical (unpaired) electrons. The third kappa shape index (κ3) is 3.76. The molecule has 1 saturated heterocycles. The number of carbonyl (C=O) groups excluding carboxylic acids is 1. The first-order valence-corrected chi connectivity index (χ1v) is 8.60. The summed E-state index contributed by atoms with van der Waals surface area (Å²) in [5, 5.41) is 6.14. The monoisotopic (exact) mass is 328 g/mol. The molecule has 3 rings (SSSR count).